The van der Waals surface area contributed by atoms with Crippen molar-refractivity contribution < 1.29 is 9.59 Å². The van der Waals surface area contributed by atoms with Crippen molar-refractivity contribution in [2.75, 3.05) is 13.6 Å². The third kappa shape index (κ3) is 5.91. The van der Waals surface area contributed by atoms with Crippen LogP contribution in [0.15, 0.2) is 48.5 Å². The minimum atomic E-state index is -0.181. The number of hydrogen-bond acceptors (Lipinski definition) is 3. The molecule has 0 aliphatic heterocycles. The van der Waals surface area contributed by atoms with E-state index in [0.717, 1.165) is 5.56 Å². The number of carbonyl (C=O) groups excluding carboxylic acids is 2. The maximum atomic E-state index is 12.2. The molecule has 0 saturated carbocycles. The summed E-state index contributed by atoms with van der Waals surface area (Å²) in [6, 6.07) is 15.9. The van der Waals surface area contributed by atoms with Gasteiger partial charge in [0.05, 0.1) is 11.6 Å². The summed E-state index contributed by atoms with van der Waals surface area (Å²) < 4.78 is 0. The van der Waals surface area contributed by atoms with E-state index in [0.29, 0.717) is 42.1 Å². The van der Waals surface area contributed by atoms with Gasteiger partial charge in [-0.2, -0.15) is 5.26 Å². The number of halogens is 1. The molecule has 0 aliphatic rings. The van der Waals surface area contributed by atoms with Crippen LogP contribution >= 0.6 is 11.6 Å². The first-order valence-electron chi connectivity index (χ1n) is 8.26. The van der Waals surface area contributed by atoms with E-state index in [1.165, 1.54) is 0 Å². The summed E-state index contributed by atoms with van der Waals surface area (Å²) in [5, 5.41) is 12.2. The summed E-state index contributed by atoms with van der Waals surface area (Å²) in [7, 11) is 1.74. The minimum absolute atomic E-state index is 0.00935. The number of benzene rings is 2. The fourth-order valence-electron chi connectivity index (χ4n) is 2.38. The highest BCUT2D eigenvalue weighted by molar-refractivity contribution is 6.30. The molecule has 2 aromatic rings. The molecule has 1 N–H and O–H groups in total. The van der Waals surface area contributed by atoms with Gasteiger partial charge in [-0.1, -0.05) is 23.7 Å². The van der Waals surface area contributed by atoms with Crippen molar-refractivity contribution in [3.63, 3.8) is 0 Å². The molecule has 6 heteroatoms. The van der Waals surface area contributed by atoms with Crippen molar-refractivity contribution in [1.82, 2.24) is 10.2 Å². The fraction of sp³-hybridized carbons (Fsp3) is 0.250. The van der Waals surface area contributed by atoms with Crippen LogP contribution in [-0.2, 0) is 11.3 Å². The molecule has 0 aliphatic carbocycles. The zero-order chi connectivity index (χ0) is 18.9. The highest BCUT2D eigenvalue weighted by Crippen LogP contribution is 2.10. The molecule has 2 amide bonds. The lowest BCUT2D eigenvalue weighted by Gasteiger charge is -2.17. The number of nitrogens with zero attached hydrogens (tertiary/aromatic N) is 2. The van der Waals surface area contributed by atoms with Crippen LogP contribution in [0.4, 0.5) is 0 Å². The summed E-state index contributed by atoms with van der Waals surface area (Å²) in [5.74, 6) is -0.171. The summed E-state index contributed by atoms with van der Waals surface area (Å²) in [6.07, 6.45) is 0.920. The van der Waals surface area contributed by atoms with Crippen LogP contribution in [0.25, 0.3) is 0 Å². The Morgan fingerprint density at radius 2 is 1.77 bits per heavy atom. The molecule has 0 atom stereocenters. The molecule has 0 saturated heterocycles. The highest BCUT2D eigenvalue weighted by Gasteiger charge is 2.10. The van der Waals surface area contributed by atoms with E-state index >= 15 is 0 Å². The number of hydrogen-bond donors (Lipinski definition) is 1. The third-order valence-corrected chi connectivity index (χ3v) is 4.14. The summed E-state index contributed by atoms with van der Waals surface area (Å²) in [6.45, 7) is 0.916. The normalized spacial score (nSPS) is 10.0. The predicted octanol–water partition coefficient (Wildman–Crippen LogP) is 3.38. The topological polar surface area (TPSA) is 73.2 Å². The van der Waals surface area contributed by atoms with E-state index in [1.807, 2.05) is 12.1 Å². The van der Waals surface area contributed by atoms with Crippen molar-refractivity contribution in [3.05, 3.63) is 70.2 Å². The van der Waals surface area contributed by atoms with Gasteiger partial charge in [-0.05, 0) is 48.4 Å². The Morgan fingerprint density at radius 3 is 2.38 bits per heavy atom. The Bertz CT molecular complexity index is 795. The van der Waals surface area contributed by atoms with Crippen molar-refractivity contribution in [2.45, 2.75) is 19.4 Å². The number of nitriles is 1. The first kappa shape index (κ1) is 19.5. The molecule has 26 heavy (non-hydrogen) atoms. The molecule has 0 unspecified atom stereocenters. The molecule has 0 aromatic heterocycles. The number of amides is 2. The third-order valence-electron chi connectivity index (χ3n) is 3.89. The fourth-order valence-corrected chi connectivity index (χ4v) is 2.51. The number of carbonyl (C=O) groups is 2. The van der Waals surface area contributed by atoms with Crippen LogP contribution in [0.1, 0.15) is 34.3 Å². The molecular weight excluding hydrogens is 350 g/mol. The molecule has 2 aromatic carbocycles. The quantitative estimate of drug-likeness (QED) is 0.760. The first-order chi connectivity index (χ1) is 12.5. The van der Waals surface area contributed by atoms with Crippen molar-refractivity contribution in [3.8, 4) is 6.07 Å². The SMILES string of the molecule is CN(Cc1ccc(C#N)cc1)C(=O)CCCNC(=O)c1ccc(Cl)cc1. The maximum Gasteiger partial charge on any atom is 0.251 e. The van der Waals surface area contributed by atoms with Gasteiger partial charge in [0.25, 0.3) is 5.91 Å². The van der Waals surface area contributed by atoms with E-state index in [4.69, 9.17) is 16.9 Å². The second-order valence-electron chi connectivity index (χ2n) is 5.92. The van der Waals surface area contributed by atoms with Crippen molar-refractivity contribution in [1.29, 1.82) is 5.26 Å². The number of nitrogens with one attached hydrogen (secondary N) is 1. The Kier molecular flexibility index (Phi) is 7.19. The van der Waals surface area contributed by atoms with Crippen molar-refractivity contribution in [2.24, 2.45) is 0 Å². The molecule has 134 valence electrons. The molecule has 0 fully saturated rings. The standard InChI is InChI=1S/C20H20ClN3O2/c1-24(14-16-6-4-15(13-22)5-7-16)19(25)3-2-12-23-20(26)17-8-10-18(21)11-9-17/h4-11H,2-3,12,14H2,1H3,(H,23,26). The Morgan fingerprint density at radius 1 is 1.12 bits per heavy atom. The lowest BCUT2D eigenvalue weighted by atomic mass is 10.1. The zero-order valence-electron chi connectivity index (χ0n) is 14.5. The van der Waals surface area contributed by atoms with Gasteiger partial charge in [0, 0.05) is 37.1 Å². The van der Waals surface area contributed by atoms with Gasteiger partial charge in [0.15, 0.2) is 0 Å². The van der Waals surface area contributed by atoms with Gasteiger partial charge in [-0.25, -0.2) is 0 Å². The average molecular weight is 370 g/mol. The van der Waals surface area contributed by atoms with E-state index in [1.54, 1.807) is 48.3 Å². The molecular formula is C20H20ClN3O2. The van der Waals surface area contributed by atoms with Crippen LogP contribution in [0.3, 0.4) is 0 Å². The second kappa shape index (κ2) is 9.59. The zero-order valence-corrected chi connectivity index (χ0v) is 15.3. The smallest absolute Gasteiger partial charge is 0.251 e. The summed E-state index contributed by atoms with van der Waals surface area (Å²) in [4.78, 5) is 25.8. The lowest BCUT2D eigenvalue weighted by molar-refractivity contribution is -0.130. The van der Waals surface area contributed by atoms with E-state index in [9.17, 15) is 9.59 Å². The Hall–Kier alpha value is -2.84. The molecule has 0 bridgehead atoms. The van der Waals surface area contributed by atoms with Crippen molar-refractivity contribution >= 4 is 23.4 Å². The van der Waals surface area contributed by atoms with Gasteiger partial charge in [0.2, 0.25) is 5.91 Å². The summed E-state index contributed by atoms with van der Waals surface area (Å²) in [5.41, 5.74) is 2.11. The van der Waals surface area contributed by atoms with Gasteiger partial charge >= 0.3 is 0 Å². The lowest BCUT2D eigenvalue weighted by Crippen LogP contribution is -2.28. The minimum Gasteiger partial charge on any atom is -0.352 e. The summed E-state index contributed by atoms with van der Waals surface area (Å²) >= 11 is 5.79. The average Bonchev–Trinajstić information content (AvgIpc) is 2.66. The highest BCUT2D eigenvalue weighted by atomic mass is 35.5. The molecule has 0 spiro atoms. The van der Waals surface area contributed by atoms with Gasteiger partial charge in [-0.15, -0.1) is 0 Å². The van der Waals surface area contributed by atoms with Crippen LogP contribution in [0.5, 0.6) is 0 Å². The van der Waals surface area contributed by atoms with Crippen LogP contribution in [-0.4, -0.2) is 30.3 Å². The van der Waals surface area contributed by atoms with Gasteiger partial charge < -0.3 is 10.2 Å². The molecule has 0 radical (unpaired) electrons. The number of rotatable bonds is 7. The van der Waals surface area contributed by atoms with Gasteiger partial charge in [0.1, 0.15) is 0 Å². The van der Waals surface area contributed by atoms with E-state index < -0.39 is 0 Å². The monoisotopic (exact) mass is 369 g/mol. The predicted molar refractivity (Wildman–Crippen MR) is 101 cm³/mol. The van der Waals surface area contributed by atoms with E-state index in [2.05, 4.69) is 11.4 Å². The molecule has 2 rings (SSSR count). The maximum absolute atomic E-state index is 12.2. The van der Waals surface area contributed by atoms with Crippen LogP contribution < -0.4 is 5.32 Å². The molecule has 5 nitrogen and oxygen atoms in total. The Balaban J connectivity index is 1.71. The van der Waals surface area contributed by atoms with E-state index in [-0.39, 0.29) is 11.8 Å². The van der Waals surface area contributed by atoms with Gasteiger partial charge in [-0.3, -0.25) is 9.59 Å². The van der Waals surface area contributed by atoms with Crippen LogP contribution in [0, 0.1) is 11.3 Å². The largest absolute Gasteiger partial charge is 0.352 e. The molecule has 0 heterocycles. The first-order valence-corrected chi connectivity index (χ1v) is 8.64. The Labute approximate surface area is 158 Å². The second-order valence-corrected chi connectivity index (χ2v) is 6.36. The van der Waals surface area contributed by atoms with Crippen LogP contribution in [0.2, 0.25) is 5.02 Å².